The summed E-state index contributed by atoms with van der Waals surface area (Å²) in [6.07, 6.45) is 1.43. The SMILES string of the molecule is CC1=C(C(=O)Nc2ccccc2)[C@@H](c2ccc(Cl)cc2)n2c(sc(=Cc3ccc([N+](=O)[O-])o3)c2=O)=N1. The number of allylic oxidation sites excluding steroid dienone is 1. The molecule has 0 bridgehead atoms. The summed E-state index contributed by atoms with van der Waals surface area (Å²) in [4.78, 5) is 42.3. The summed E-state index contributed by atoms with van der Waals surface area (Å²) < 4.78 is 6.90. The van der Waals surface area contributed by atoms with Gasteiger partial charge in [0.25, 0.3) is 11.5 Å². The van der Waals surface area contributed by atoms with Crippen molar-refractivity contribution >= 4 is 46.5 Å². The molecule has 1 atom stereocenters. The fraction of sp³-hybridized carbons (Fsp3) is 0.0800. The van der Waals surface area contributed by atoms with Gasteiger partial charge in [-0.25, -0.2) is 4.99 Å². The van der Waals surface area contributed by atoms with Crippen molar-refractivity contribution < 1.29 is 14.1 Å². The second-order valence-electron chi connectivity index (χ2n) is 7.89. The number of carbonyl (C=O) groups excluding carboxylic acids is 1. The number of rotatable bonds is 5. The molecule has 0 saturated heterocycles. The third-order valence-electron chi connectivity index (χ3n) is 5.55. The van der Waals surface area contributed by atoms with E-state index in [0.717, 1.165) is 11.3 Å². The second-order valence-corrected chi connectivity index (χ2v) is 9.33. The molecule has 0 radical (unpaired) electrons. The van der Waals surface area contributed by atoms with Crippen molar-refractivity contribution in [3.63, 3.8) is 0 Å². The van der Waals surface area contributed by atoms with Gasteiger partial charge in [0.05, 0.1) is 27.9 Å². The predicted molar refractivity (Wildman–Crippen MR) is 136 cm³/mol. The first kappa shape index (κ1) is 23.5. The number of amides is 1. The fourth-order valence-corrected chi connectivity index (χ4v) is 5.09. The Kier molecular flexibility index (Phi) is 6.13. The standard InChI is InChI=1S/C25H17ClN4O5S/c1-14-21(23(31)28-17-5-3-2-4-6-17)22(15-7-9-16(26)10-8-15)29-24(32)19(36-25(29)27-14)13-18-11-12-20(35-18)30(33)34/h2-13,22H,1H3,(H,28,31)/t22-/m1/s1. The summed E-state index contributed by atoms with van der Waals surface area (Å²) in [5, 5.41) is 14.3. The van der Waals surface area contributed by atoms with Crippen LogP contribution in [0.1, 0.15) is 24.3 Å². The van der Waals surface area contributed by atoms with Gasteiger partial charge in [-0.3, -0.25) is 24.3 Å². The van der Waals surface area contributed by atoms with E-state index in [-0.39, 0.29) is 10.3 Å². The molecule has 0 spiro atoms. The molecule has 1 amide bonds. The fourth-order valence-electron chi connectivity index (χ4n) is 3.94. The first-order valence-corrected chi connectivity index (χ1v) is 11.9. The Bertz CT molecular complexity index is 1700. The number of nitrogens with one attached hydrogen (secondary N) is 1. The van der Waals surface area contributed by atoms with Gasteiger partial charge in [-0.05, 0) is 42.8 Å². The summed E-state index contributed by atoms with van der Waals surface area (Å²) in [5.41, 5.74) is 1.65. The zero-order valence-electron chi connectivity index (χ0n) is 18.7. The van der Waals surface area contributed by atoms with Crippen LogP contribution in [0.3, 0.4) is 0 Å². The third kappa shape index (κ3) is 4.39. The van der Waals surface area contributed by atoms with Crippen molar-refractivity contribution in [3.05, 3.63) is 124 Å². The maximum absolute atomic E-state index is 13.6. The zero-order valence-corrected chi connectivity index (χ0v) is 20.2. The minimum absolute atomic E-state index is 0.160. The van der Waals surface area contributed by atoms with Crippen LogP contribution >= 0.6 is 22.9 Å². The number of carbonyl (C=O) groups is 1. The minimum Gasteiger partial charge on any atom is -0.401 e. The number of anilines is 1. The van der Waals surface area contributed by atoms with Gasteiger partial charge in [0, 0.05) is 16.8 Å². The number of furan rings is 1. The van der Waals surface area contributed by atoms with E-state index in [1.54, 1.807) is 55.5 Å². The van der Waals surface area contributed by atoms with Crippen LogP contribution in [0.4, 0.5) is 11.6 Å². The smallest absolute Gasteiger partial charge is 0.401 e. The van der Waals surface area contributed by atoms with Crippen LogP contribution in [-0.2, 0) is 4.79 Å². The van der Waals surface area contributed by atoms with Crippen molar-refractivity contribution in [1.29, 1.82) is 0 Å². The van der Waals surface area contributed by atoms with Crippen molar-refractivity contribution in [1.82, 2.24) is 4.57 Å². The lowest BCUT2D eigenvalue weighted by atomic mass is 9.95. The maximum atomic E-state index is 13.6. The Morgan fingerprint density at radius 2 is 1.89 bits per heavy atom. The molecule has 5 rings (SSSR count). The molecule has 11 heteroatoms. The molecule has 180 valence electrons. The van der Waals surface area contributed by atoms with Gasteiger partial charge in [0.1, 0.15) is 10.7 Å². The quantitative estimate of drug-likeness (QED) is 0.315. The van der Waals surface area contributed by atoms with Gasteiger partial charge < -0.3 is 9.73 Å². The minimum atomic E-state index is -0.768. The molecular weight excluding hydrogens is 504 g/mol. The normalized spacial score (nSPS) is 15.4. The highest BCUT2D eigenvalue weighted by Crippen LogP contribution is 2.31. The Morgan fingerprint density at radius 1 is 1.17 bits per heavy atom. The monoisotopic (exact) mass is 520 g/mol. The lowest BCUT2D eigenvalue weighted by molar-refractivity contribution is -0.402. The number of benzene rings is 2. The van der Waals surface area contributed by atoms with E-state index in [9.17, 15) is 19.7 Å². The lowest BCUT2D eigenvalue weighted by Gasteiger charge is -2.25. The molecule has 0 fully saturated rings. The number of fused-ring (bicyclic) bond motifs is 1. The average Bonchev–Trinajstić information content (AvgIpc) is 3.44. The Morgan fingerprint density at radius 3 is 2.56 bits per heavy atom. The van der Waals surface area contributed by atoms with E-state index in [1.807, 2.05) is 6.07 Å². The van der Waals surface area contributed by atoms with Gasteiger partial charge in [-0.1, -0.05) is 53.3 Å². The molecule has 0 saturated carbocycles. The molecule has 0 aliphatic carbocycles. The van der Waals surface area contributed by atoms with Gasteiger partial charge in [-0.15, -0.1) is 0 Å². The molecule has 36 heavy (non-hydrogen) atoms. The number of nitrogens with zero attached hydrogens (tertiary/aromatic N) is 3. The van der Waals surface area contributed by atoms with Crippen LogP contribution in [0, 0.1) is 10.1 Å². The largest absolute Gasteiger partial charge is 0.433 e. The van der Waals surface area contributed by atoms with Crippen LogP contribution in [0.15, 0.2) is 92.2 Å². The number of hydrogen-bond acceptors (Lipinski definition) is 7. The summed E-state index contributed by atoms with van der Waals surface area (Å²) in [6.45, 7) is 1.72. The number of halogens is 1. The molecule has 9 nitrogen and oxygen atoms in total. The van der Waals surface area contributed by atoms with Gasteiger partial charge in [-0.2, -0.15) is 0 Å². The number of aromatic nitrogens is 1. The van der Waals surface area contributed by atoms with Crippen LogP contribution in [0.5, 0.6) is 0 Å². The van der Waals surface area contributed by atoms with Gasteiger partial charge in [0.2, 0.25) is 0 Å². The van der Waals surface area contributed by atoms with Crippen LogP contribution in [0.25, 0.3) is 6.08 Å². The van der Waals surface area contributed by atoms with Gasteiger partial charge >= 0.3 is 5.88 Å². The van der Waals surface area contributed by atoms with Crippen LogP contribution in [-0.4, -0.2) is 15.4 Å². The molecule has 0 unspecified atom stereocenters. The maximum Gasteiger partial charge on any atom is 0.433 e. The molecule has 3 heterocycles. The first-order chi connectivity index (χ1) is 17.3. The average molecular weight is 521 g/mol. The predicted octanol–water partition coefficient (Wildman–Crippen LogP) is 4.03. The van der Waals surface area contributed by atoms with Crippen molar-refractivity contribution in [2.75, 3.05) is 5.32 Å². The topological polar surface area (TPSA) is 120 Å². The third-order valence-corrected chi connectivity index (χ3v) is 6.78. The molecule has 1 aliphatic rings. The highest BCUT2D eigenvalue weighted by atomic mass is 35.5. The number of nitro groups is 1. The first-order valence-electron chi connectivity index (χ1n) is 10.7. The molecule has 1 N–H and O–H groups in total. The van der Waals surface area contributed by atoms with Crippen molar-refractivity contribution in [2.45, 2.75) is 13.0 Å². The Labute approximate surface area is 212 Å². The van der Waals surface area contributed by atoms with E-state index in [2.05, 4.69) is 10.3 Å². The van der Waals surface area contributed by atoms with Crippen LogP contribution < -0.4 is 20.2 Å². The molecule has 1 aliphatic heterocycles. The Hall–Kier alpha value is -4.28. The number of hydrogen-bond donors (Lipinski definition) is 1. The molecular formula is C25H17ClN4O5S. The van der Waals surface area contributed by atoms with E-state index < -0.39 is 28.3 Å². The highest BCUT2D eigenvalue weighted by molar-refractivity contribution is 7.07. The molecule has 2 aromatic carbocycles. The molecule has 2 aromatic heterocycles. The summed E-state index contributed by atoms with van der Waals surface area (Å²) in [5.74, 6) is -0.658. The van der Waals surface area contributed by atoms with E-state index >= 15 is 0 Å². The highest BCUT2D eigenvalue weighted by Gasteiger charge is 2.32. The van der Waals surface area contributed by atoms with Crippen molar-refractivity contribution in [3.8, 4) is 0 Å². The van der Waals surface area contributed by atoms with Crippen molar-refractivity contribution in [2.24, 2.45) is 4.99 Å². The van der Waals surface area contributed by atoms with Gasteiger partial charge in [0.15, 0.2) is 4.80 Å². The van der Waals surface area contributed by atoms with E-state index in [0.29, 0.717) is 32.3 Å². The number of thiazole rings is 1. The summed E-state index contributed by atoms with van der Waals surface area (Å²) in [7, 11) is 0. The van der Waals surface area contributed by atoms with Crippen LogP contribution in [0.2, 0.25) is 5.02 Å². The second kappa shape index (κ2) is 9.40. The Balaban J connectivity index is 1.66. The number of para-hydroxylation sites is 1. The van der Waals surface area contributed by atoms with E-state index in [4.69, 9.17) is 16.0 Å². The zero-order chi connectivity index (χ0) is 25.4. The lowest BCUT2D eigenvalue weighted by Crippen LogP contribution is -2.40. The summed E-state index contributed by atoms with van der Waals surface area (Å²) in [6, 6.07) is 17.8. The van der Waals surface area contributed by atoms with E-state index in [1.165, 1.54) is 22.8 Å². The summed E-state index contributed by atoms with van der Waals surface area (Å²) >= 11 is 7.20. The molecule has 4 aromatic rings.